The second kappa shape index (κ2) is 4.39. The fourth-order valence-electron chi connectivity index (χ4n) is 1.70. The normalized spacial score (nSPS) is 21.9. The Morgan fingerprint density at radius 2 is 1.53 bits per heavy atom. The number of sulfonamides is 1. The highest BCUT2D eigenvalue weighted by Gasteiger charge is 2.29. The predicted octanol–water partition coefficient (Wildman–Crippen LogP) is 0.610. The number of hydrogen-bond donors (Lipinski definition) is 0. The molecule has 0 saturated carbocycles. The lowest BCUT2D eigenvalue weighted by Crippen LogP contribution is -2.48. The first-order valence-corrected chi connectivity index (χ1v) is 6.98. The molecule has 0 radical (unpaired) electrons. The van der Waals surface area contributed by atoms with Gasteiger partial charge in [-0.1, -0.05) is 20.8 Å². The van der Waals surface area contributed by atoms with E-state index >= 15 is 0 Å². The summed E-state index contributed by atoms with van der Waals surface area (Å²) in [5.74, 6) is 0.240. The molecule has 90 valence electrons. The first-order valence-electron chi connectivity index (χ1n) is 5.37. The topological polar surface area (TPSA) is 40.6 Å². The molecule has 4 nitrogen and oxygen atoms in total. The quantitative estimate of drug-likeness (QED) is 0.703. The van der Waals surface area contributed by atoms with Crippen molar-refractivity contribution < 1.29 is 8.42 Å². The Kier molecular flexibility index (Phi) is 3.79. The molecule has 0 bridgehead atoms. The number of hydrogen-bond acceptors (Lipinski definition) is 3. The van der Waals surface area contributed by atoms with Crippen molar-refractivity contribution in [3.63, 3.8) is 0 Å². The van der Waals surface area contributed by atoms with Crippen molar-refractivity contribution in [2.45, 2.75) is 20.8 Å². The Morgan fingerprint density at radius 1 is 1.07 bits per heavy atom. The van der Waals surface area contributed by atoms with Crippen LogP contribution in [-0.2, 0) is 10.0 Å². The van der Waals surface area contributed by atoms with Crippen molar-refractivity contribution >= 4 is 10.0 Å². The molecule has 0 amide bonds. The van der Waals surface area contributed by atoms with Crippen LogP contribution in [0.15, 0.2) is 0 Å². The lowest BCUT2D eigenvalue weighted by molar-refractivity contribution is 0.221. The molecule has 0 aromatic carbocycles. The van der Waals surface area contributed by atoms with Gasteiger partial charge in [0.15, 0.2) is 0 Å². The third-order valence-electron chi connectivity index (χ3n) is 2.47. The van der Waals surface area contributed by atoms with Gasteiger partial charge in [0, 0.05) is 26.2 Å². The van der Waals surface area contributed by atoms with Gasteiger partial charge >= 0.3 is 0 Å². The summed E-state index contributed by atoms with van der Waals surface area (Å²) < 4.78 is 25.7. The van der Waals surface area contributed by atoms with Gasteiger partial charge in [-0.3, -0.25) is 0 Å². The van der Waals surface area contributed by atoms with Gasteiger partial charge in [0.25, 0.3) is 0 Å². The molecule has 0 spiro atoms. The second-order valence-electron chi connectivity index (χ2n) is 5.52. The first-order chi connectivity index (χ1) is 6.71. The minimum Gasteiger partial charge on any atom is -0.304 e. The van der Waals surface area contributed by atoms with Crippen LogP contribution in [0.3, 0.4) is 0 Å². The van der Waals surface area contributed by atoms with Gasteiger partial charge in [-0.25, -0.2) is 8.42 Å². The Morgan fingerprint density at radius 3 is 1.93 bits per heavy atom. The van der Waals surface area contributed by atoms with Crippen LogP contribution >= 0.6 is 0 Å². The molecule has 1 rings (SSSR count). The van der Waals surface area contributed by atoms with E-state index in [9.17, 15) is 8.42 Å². The molecular weight excluding hydrogens is 212 g/mol. The van der Waals surface area contributed by atoms with E-state index < -0.39 is 10.0 Å². The van der Waals surface area contributed by atoms with Crippen LogP contribution in [0.1, 0.15) is 20.8 Å². The van der Waals surface area contributed by atoms with Gasteiger partial charge < -0.3 is 4.90 Å². The lowest BCUT2D eigenvalue weighted by atomic mass is 10.0. The zero-order chi connectivity index (χ0) is 11.7. The fraction of sp³-hybridized carbons (Fsp3) is 1.00. The molecule has 15 heavy (non-hydrogen) atoms. The molecule has 0 aromatic rings. The molecule has 5 heteroatoms. The molecular formula is C10H22N2O2S. The van der Waals surface area contributed by atoms with Crippen LogP contribution in [0.4, 0.5) is 0 Å². The third-order valence-corrected chi connectivity index (χ3v) is 4.85. The largest absolute Gasteiger partial charge is 0.304 e. The van der Waals surface area contributed by atoms with Gasteiger partial charge in [0.1, 0.15) is 0 Å². The molecule has 1 fully saturated rings. The van der Waals surface area contributed by atoms with E-state index in [0.717, 1.165) is 13.1 Å². The standard InChI is InChI=1S/C10H22N2O2S/c1-10(2,3)9-15(13,14)12-7-5-11(4)6-8-12/h5-9H2,1-4H3. The zero-order valence-electron chi connectivity index (χ0n) is 10.2. The van der Waals surface area contributed by atoms with Crippen molar-refractivity contribution in [3.05, 3.63) is 0 Å². The van der Waals surface area contributed by atoms with Crippen LogP contribution in [-0.4, -0.2) is 56.6 Å². The van der Waals surface area contributed by atoms with E-state index in [2.05, 4.69) is 4.90 Å². The SMILES string of the molecule is CN1CCN(S(=O)(=O)CC(C)(C)C)CC1. The highest BCUT2D eigenvalue weighted by molar-refractivity contribution is 7.89. The maximum absolute atomic E-state index is 12.0. The molecule has 1 aliphatic rings. The highest BCUT2D eigenvalue weighted by Crippen LogP contribution is 2.19. The summed E-state index contributed by atoms with van der Waals surface area (Å²) in [6.45, 7) is 8.82. The lowest BCUT2D eigenvalue weighted by Gasteiger charge is -2.33. The number of nitrogens with zero attached hydrogens (tertiary/aromatic N) is 2. The van der Waals surface area contributed by atoms with E-state index in [1.54, 1.807) is 4.31 Å². The van der Waals surface area contributed by atoms with Crippen LogP contribution in [0.2, 0.25) is 0 Å². The second-order valence-corrected chi connectivity index (χ2v) is 7.49. The Labute approximate surface area is 93.3 Å². The van der Waals surface area contributed by atoms with Crippen LogP contribution in [0.5, 0.6) is 0 Å². The molecule has 0 aromatic heterocycles. The molecule has 0 aliphatic carbocycles. The zero-order valence-corrected chi connectivity index (χ0v) is 11.0. The minimum atomic E-state index is -3.06. The van der Waals surface area contributed by atoms with Gasteiger partial charge in [-0.05, 0) is 12.5 Å². The number of likely N-dealkylation sites (N-methyl/N-ethyl adjacent to an activating group) is 1. The fourth-order valence-corrected chi connectivity index (χ4v) is 3.70. The summed E-state index contributed by atoms with van der Waals surface area (Å²) >= 11 is 0. The summed E-state index contributed by atoms with van der Waals surface area (Å²) in [4.78, 5) is 2.16. The van der Waals surface area contributed by atoms with Crippen molar-refractivity contribution in [3.8, 4) is 0 Å². The molecule has 0 atom stereocenters. The maximum Gasteiger partial charge on any atom is 0.214 e. The van der Waals surface area contributed by atoms with Gasteiger partial charge in [0.2, 0.25) is 10.0 Å². The first kappa shape index (κ1) is 12.9. The van der Waals surface area contributed by atoms with E-state index in [4.69, 9.17) is 0 Å². The summed E-state index contributed by atoms with van der Waals surface area (Å²) in [6.07, 6.45) is 0. The van der Waals surface area contributed by atoms with E-state index in [1.807, 2.05) is 27.8 Å². The number of piperazine rings is 1. The molecule has 0 unspecified atom stereocenters. The van der Waals surface area contributed by atoms with Crippen molar-refractivity contribution in [1.29, 1.82) is 0 Å². The number of rotatable bonds is 2. The Hall–Kier alpha value is -0.130. The molecule has 0 N–H and O–H groups in total. The van der Waals surface area contributed by atoms with Crippen molar-refractivity contribution in [2.24, 2.45) is 5.41 Å². The minimum absolute atomic E-state index is 0.165. The Balaban J connectivity index is 2.63. The average molecular weight is 234 g/mol. The summed E-state index contributed by atoms with van der Waals surface area (Å²) in [5, 5.41) is 0. The van der Waals surface area contributed by atoms with E-state index in [1.165, 1.54) is 0 Å². The Bertz CT molecular complexity index is 298. The summed E-state index contributed by atoms with van der Waals surface area (Å²) in [5.41, 5.74) is -0.165. The van der Waals surface area contributed by atoms with Gasteiger partial charge in [-0.15, -0.1) is 0 Å². The average Bonchev–Trinajstić information content (AvgIpc) is 2.00. The monoisotopic (exact) mass is 234 g/mol. The van der Waals surface area contributed by atoms with Crippen molar-refractivity contribution in [2.75, 3.05) is 39.0 Å². The van der Waals surface area contributed by atoms with E-state index in [0.29, 0.717) is 13.1 Å². The van der Waals surface area contributed by atoms with E-state index in [-0.39, 0.29) is 11.2 Å². The van der Waals surface area contributed by atoms with Crippen LogP contribution in [0.25, 0.3) is 0 Å². The summed E-state index contributed by atoms with van der Waals surface area (Å²) in [6, 6.07) is 0. The third kappa shape index (κ3) is 4.09. The van der Waals surface area contributed by atoms with Crippen LogP contribution < -0.4 is 0 Å². The smallest absolute Gasteiger partial charge is 0.214 e. The van der Waals surface area contributed by atoms with Crippen molar-refractivity contribution in [1.82, 2.24) is 9.21 Å². The van der Waals surface area contributed by atoms with Gasteiger partial charge in [-0.2, -0.15) is 4.31 Å². The highest BCUT2D eigenvalue weighted by atomic mass is 32.2. The van der Waals surface area contributed by atoms with Gasteiger partial charge in [0.05, 0.1) is 5.75 Å². The molecule has 1 aliphatic heterocycles. The predicted molar refractivity (Wildman–Crippen MR) is 62.3 cm³/mol. The molecule has 1 heterocycles. The summed E-state index contributed by atoms with van der Waals surface area (Å²) in [7, 11) is -1.04. The van der Waals surface area contributed by atoms with Crippen LogP contribution in [0, 0.1) is 5.41 Å². The molecule has 1 saturated heterocycles. The maximum atomic E-state index is 12.0.